The molecule has 0 bridgehead atoms. The lowest BCUT2D eigenvalue weighted by atomic mass is 9.93. The third-order valence-corrected chi connectivity index (χ3v) is 5.89. The summed E-state index contributed by atoms with van der Waals surface area (Å²) >= 11 is 0. The summed E-state index contributed by atoms with van der Waals surface area (Å²) < 4.78 is 20.1. The van der Waals surface area contributed by atoms with Gasteiger partial charge in [-0.25, -0.2) is 19.0 Å². The van der Waals surface area contributed by atoms with Crippen LogP contribution in [-0.4, -0.2) is 40.3 Å². The average molecular weight is 511 g/mol. The number of hydrogen-bond donors (Lipinski definition) is 3. The Kier molecular flexibility index (Phi) is 6.76. The van der Waals surface area contributed by atoms with E-state index in [0.717, 1.165) is 5.56 Å². The van der Waals surface area contributed by atoms with Crippen molar-refractivity contribution < 1.29 is 18.5 Å². The fraction of sp³-hybridized carbons (Fsp3) is 0.400. The summed E-state index contributed by atoms with van der Waals surface area (Å²) in [6, 6.07) is 3.13. The van der Waals surface area contributed by atoms with Gasteiger partial charge >= 0.3 is 12.1 Å². The summed E-state index contributed by atoms with van der Waals surface area (Å²) in [6.45, 7) is 11.5. The quantitative estimate of drug-likeness (QED) is 0.428. The summed E-state index contributed by atoms with van der Waals surface area (Å²) in [5, 5.41) is 11.8. The van der Waals surface area contributed by atoms with E-state index in [9.17, 15) is 14.0 Å². The van der Waals surface area contributed by atoms with Crippen molar-refractivity contribution in [1.82, 2.24) is 15.1 Å². The van der Waals surface area contributed by atoms with E-state index in [4.69, 9.17) is 4.52 Å². The first kappa shape index (κ1) is 25.9. The lowest BCUT2D eigenvalue weighted by molar-refractivity contribution is 0.248. The zero-order chi connectivity index (χ0) is 27.1. The third-order valence-electron chi connectivity index (χ3n) is 5.89. The molecular formula is C25H31FN8O3. The monoisotopic (exact) mass is 510 g/mol. The van der Waals surface area contributed by atoms with E-state index in [-0.39, 0.29) is 35.5 Å². The summed E-state index contributed by atoms with van der Waals surface area (Å²) in [5.41, 5.74) is 1.35. The van der Waals surface area contributed by atoms with Crippen molar-refractivity contribution in [2.45, 2.75) is 59.5 Å². The van der Waals surface area contributed by atoms with Crippen molar-refractivity contribution in [3.8, 4) is 0 Å². The van der Waals surface area contributed by atoms with Crippen molar-refractivity contribution in [1.29, 1.82) is 0 Å². The maximum atomic E-state index is 14.9. The Morgan fingerprint density at radius 2 is 1.92 bits per heavy atom. The fourth-order valence-corrected chi connectivity index (χ4v) is 3.96. The first-order chi connectivity index (χ1) is 17.4. The summed E-state index contributed by atoms with van der Waals surface area (Å²) in [6.07, 6.45) is 1.66. The van der Waals surface area contributed by atoms with E-state index in [1.807, 2.05) is 34.6 Å². The van der Waals surface area contributed by atoms with Crippen LogP contribution >= 0.6 is 0 Å². The van der Waals surface area contributed by atoms with Gasteiger partial charge in [-0.3, -0.25) is 15.1 Å². The Balaban J connectivity index is 1.62. The van der Waals surface area contributed by atoms with Crippen LogP contribution < -0.4 is 25.8 Å². The summed E-state index contributed by atoms with van der Waals surface area (Å²) in [7, 11) is 1.71. The molecule has 12 heteroatoms. The number of aryl methyl sites for hydroxylation is 1. The number of carbonyl (C=O) groups excluding carboxylic acids is 2. The molecule has 1 aliphatic rings. The second-order valence-electron chi connectivity index (χ2n) is 10.1. The van der Waals surface area contributed by atoms with Gasteiger partial charge in [-0.15, -0.1) is 0 Å². The second kappa shape index (κ2) is 9.68. The maximum Gasteiger partial charge on any atom is 0.330 e. The number of amides is 4. The van der Waals surface area contributed by atoms with E-state index in [0.29, 0.717) is 28.8 Å². The normalized spacial score (nSPS) is 13.6. The van der Waals surface area contributed by atoms with Crippen molar-refractivity contribution in [2.24, 2.45) is 0 Å². The fourth-order valence-electron chi connectivity index (χ4n) is 3.96. The Morgan fingerprint density at radius 1 is 1.19 bits per heavy atom. The number of halogens is 1. The lowest BCUT2D eigenvalue weighted by Crippen LogP contribution is -2.51. The number of fused-ring (bicyclic) bond motifs is 1. The van der Waals surface area contributed by atoms with Crippen LogP contribution in [0.3, 0.4) is 0 Å². The van der Waals surface area contributed by atoms with E-state index in [1.165, 1.54) is 17.0 Å². The van der Waals surface area contributed by atoms with Gasteiger partial charge in [-0.05, 0) is 38.5 Å². The first-order valence-corrected chi connectivity index (χ1v) is 11.9. The molecule has 3 heterocycles. The smallest absolute Gasteiger partial charge is 0.330 e. The molecule has 11 nitrogen and oxygen atoms in total. The van der Waals surface area contributed by atoms with E-state index in [1.54, 1.807) is 31.1 Å². The average Bonchev–Trinajstić information content (AvgIpc) is 3.29. The number of nitrogens with zero attached hydrogens (tertiary/aromatic N) is 5. The highest BCUT2D eigenvalue weighted by Gasteiger charge is 2.35. The zero-order valence-electron chi connectivity index (χ0n) is 21.9. The van der Waals surface area contributed by atoms with Gasteiger partial charge < -0.3 is 15.2 Å². The molecule has 0 unspecified atom stereocenters. The molecule has 3 aromatic rings. The number of urea groups is 2. The minimum atomic E-state index is -0.699. The molecule has 0 fully saturated rings. The lowest BCUT2D eigenvalue weighted by Gasteiger charge is -2.38. The number of nitrogens with one attached hydrogen (secondary N) is 3. The molecule has 4 amide bonds. The second-order valence-corrected chi connectivity index (χ2v) is 10.1. The standard InChI is InChI=1S/C25H31FN8O3/c1-13(2)34-21-15(11-28-22(27-7)31-21)12-33(24(34)36)18-9-17(16(26)8-14(18)3)29-23(35)30-20-10-19(37-32-20)25(4,5)6/h8-11,13H,12H2,1-7H3,(H,27,28,31)(H2,29,30,32,35). The predicted molar refractivity (Wildman–Crippen MR) is 140 cm³/mol. The third kappa shape index (κ3) is 5.18. The Labute approximate surface area is 214 Å². The van der Waals surface area contributed by atoms with Crippen LogP contribution in [0.2, 0.25) is 0 Å². The molecule has 3 N–H and O–H groups in total. The summed E-state index contributed by atoms with van der Waals surface area (Å²) in [5.74, 6) is 1.08. The largest absolute Gasteiger partial charge is 0.359 e. The van der Waals surface area contributed by atoms with Crippen LogP contribution in [0.1, 0.15) is 51.5 Å². The summed E-state index contributed by atoms with van der Waals surface area (Å²) in [4.78, 5) is 38.1. The van der Waals surface area contributed by atoms with Crippen LogP contribution in [0.4, 0.5) is 42.9 Å². The van der Waals surface area contributed by atoms with E-state index in [2.05, 4.69) is 31.1 Å². The number of benzene rings is 1. The molecule has 196 valence electrons. The van der Waals surface area contributed by atoms with Crippen molar-refractivity contribution in [3.63, 3.8) is 0 Å². The van der Waals surface area contributed by atoms with Gasteiger partial charge in [0, 0.05) is 36.3 Å². The van der Waals surface area contributed by atoms with Crippen LogP contribution in [0.5, 0.6) is 0 Å². The highest BCUT2D eigenvalue weighted by Crippen LogP contribution is 2.35. The number of hydrogen-bond acceptors (Lipinski definition) is 7. The van der Waals surface area contributed by atoms with Crippen LogP contribution in [0, 0.1) is 12.7 Å². The maximum absolute atomic E-state index is 14.9. The highest BCUT2D eigenvalue weighted by molar-refractivity contribution is 6.07. The highest BCUT2D eigenvalue weighted by atomic mass is 19.1. The Bertz CT molecular complexity index is 1350. The van der Waals surface area contributed by atoms with Crippen LogP contribution in [0.25, 0.3) is 0 Å². The molecule has 1 aliphatic heterocycles. The van der Waals surface area contributed by atoms with Gasteiger partial charge in [0.05, 0.1) is 17.9 Å². The topological polar surface area (TPSA) is 129 Å². The molecule has 0 saturated heterocycles. The molecule has 37 heavy (non-hydrogen) atoms. The van der Waals surface area contributed by atoms with Gasteiger partial charge in [0.15, 0.2) is 5.82 Å². The number of anilines is 5. The van der Waals surface area contributed by atoms with Gasteiger partial charge in [0.2, 0.25) is 5.95 Å². The zero-order valence-corrected chi connectivity index (χ0v) is 21.9. The van der Waals surface area contributed by atoms with Gasteiger partial charge in [-0.2, -0.15) is 4.98 Å². The van der Waals surface area contributed by atoms with Crippen LogP contribution in [-0.2, 0) is 12.0 Å². The van der Waals surface area contributed by atoms with Crippen molar-refractivity contribution in [3.05, 3.63) is 47.1 Å². The van der Waals surface area contributed by atoms with E-state index >= 15 is 0 Å². The molecule has 4 rings (SSSR count). The van der Waals surface area contributed by atoms with Gasteiger partial charge in [0.25, 0.3) is 0 Å². The SMILES string of the molecule is CNc1ncc2c(n1)N(C(C)C)C(=O)N(c1cc(NC(=O)Nc3cc(C(C)(C)C)on3)c(F)cc1C)C2. The van der Waals surface area contributed by atoms with Gasteiger partial charge in [0.1, 0.15) is 17.4 Å². The van der Waals surface area contributed by atoms with Crippen molar-refractivity contribution >= 4 is 41.0 Å². The molecule has 0 saturated carbocycles. The van der Waals surface area contributed by atoms with Gasteiger partial charge in [-0.1, -0.05) is 25.9 Å². The molecule has 0 spiro atoms. The first-order valence-electron chi connectivity index (χ1n) is 11.9. The number of carbonyl (C=O) groups is 2. The Morgan fingerprint density at radius 3 is 2.54 bits per heavy atom. The van der Waals surface area contributed by atoms with Crippen molar-refractivity contribution in [2.75, 3.05) is 32.8 Å². The molecule has 0 atom stereocenters. The minimum absolute atomic E-state index is 0.0888. The van der Waals surface area contributed by atoms with E-state index < -0.39 is 11.8 Å². The predicted octanol–water partition coefficient (Wildman–Crippen LogP) is 5.25. The molecule has 1 aromatic carbocycles. The Hall–Kier alpha value is -4.22. The molecule has 0 aliphatic carbocycles. The molecular weight excluding hydrogens is 479 g/mol. The molecule has 0 radical (unpaired) electrons. The number of aromatic nitrogens is 3. The number of rotatable bonds is 5. The van der Waals surface area contributed by atoms with Crippen LogP contribution in [0.15, 0.2) is 28.9 Å². The minimum Gasteiger partial charge on any atom is -0.359 e. The molecule has 2 aromatic heterocycles.